The molecule has 0 aliphatic rings. The Balaban J connectivity index is 4.59. The minimum Gasteiger partial charge on any atom is -0.462 e. The summed E-state index contributed by atoms with van der Waals surface area (Å²) in [5, 5.41) is 0. The first-order chi connectivity index (χ1) is 32.5. The fraction of sp³-hybridized carbons (Fsp3) is 0.583. The van der Waals surface area contributed by atoms with Crippen LogP contribution in [-0.4, -0.2) is 37.2 Å². The van der Waals surface area contributed by atoms with Crippen LogP contribution in [0, 0.1) is 0 Å². The molecule has 1 atom stereocenters. The van der Waals surface area contributed by atoms with Gasteiger partial charge in [-0.3, -0.25) is 14.4 Å². The fourth-order valence-corrected chi connectivity index (χ4v) is 6.59. The van der Waals surface area contributed by atoms with Gasteiger partial charge in [-0.1, -0.05) is 219 Å². The Morgan fingerprint density at radius 3 is 1.21 bits per heavy atom. The van der Waals surface area contributed by atoms with Crippen molar-refractivity contribution in [1.82, 2.24) is 0 Å². The van der Waals surface area contributed by atoms with Crippen molar-refractivity contribution in [3.63, 3.8) is 0 Å². The predicted molar refractivity (Wildman–Crippen MR) is 283 cm³/mol. The van der Waals surface area contributed by atoms with E-state index in [1.54, 1.807) is 0 Å². The van der Waals surface area contributed by atoms with Crippen LogP contribution in [0.4, 0.5) is 0 Å². The molecule has 0 aliphatic heterocycles. The zero-order chi connectivity index (χ0) is 47.9. The van der Waals surface area contributed by atoms with E-state index in [4.69, 9.17) is 14.2 Å². The normalized spacial score (nSPS) is 13.2. The van der Waals surface area contributed by atoms with Crippen LogP contribution in [0.15, 0.2) is 134 Å². The van der Waals surface area contributed by atoms with Crippen LogP contribution in [0.25, 0.3) is 0 Å². The molecule has 0 aromatic rings. The molecule has 0 N–H and O–H groups in total. The minimum atomic E-state index is -0.832. The van der Waals surface area contributed by atoms with Crippen LogP contribution in [0.3, 0.4) is 0 Å². The summed E-state index contributed by atoms with van der Waals surface area (Å²) in [7, 11) is 0. The lowest BCUT2D eigenvalue weighted by molar-refractivity contribution is -0.166. The van der Waals surface area contributed by atoms with E-state index in [0.717, 1.165) is 116 Å². The van der Waals surface area contributed by atoms with E-state index in [-0.39, 0.29) is 44.0 Å². The van der Waals surface area contributed by atoms with Gasteiger partial charge in [0.15, 0.2) is 6.10 Å². The molecule has 0 amide bonds. The molecule has 0 spiro atoms. The van der Waals surface area contributed by atoms with Gasteiger partial charge < -0.3 is 14.2 Å². The highest BCUT2D eigenvalue weighted by Gasteiger charge is 2.19. The number of hydrogen-bond donors (Lipinski definition) is 0. The maximum atomic E-state index is 12.8. The van der Waals surface area contributed by atoms with E-state index in [1.165, 1.54) is 44.9 Å². The maximum Gasteiger partial charge on any atom is 0.306 e. The van der Waals surface area contributed by atoms with Crippen LogP contribution in [-0.2, 0) is 28.6 Å². The van der Waals surface area contributed by atoms with Gasteiger partial charge in [0, 0.05) is 19.3 Å². The number of carbonyl (C=O) groups excluding carboxylic acids is 3. The predicted octanol–water partition coefficient (Wildman–Crippen LogP) is 17.5. The van der Waals surface area contributed by atoms with Crippen LogP contribution >= 0.6 is 0 Å². The molecule has 0 aromatic heterocycles. The van der Waals surface area contributed by atoms with Crippen molar-refractivity contribution in [2.45, 2.75) is 213 Å². The van der Waals surface area contributed by atoms with Gasteiger partial charge in [0.2, 0.25) is 0 Å². The van der Waals surface area contributed by atoms with Crippen molar-refractivity contribution in [2.75, 3.05) is 13.2 Å². The number of ether oxygens (including phenoxy) is 3. The summed E-state index contributed by atoms with van der Waals surface area (Å²) in [5.74, 6) is -1.06. The van der Waals surface area contributed by atoms with Crippen molar-refractivity contribution >= 4 is 17.9 Å². The number of rotatable bonds is 45. The molecule has 0 bridgehead atoms. The zero-order valence-corrected chi connectivity index (χ0v) is 42.1. The molecule has 1 unspecified atom stereocenters. The highest BCUT2D eigenvalue weighted by Crippen LogP contribution is 2.12. The highest BCUT2D eigenvalue weighted by atomic mass is 16.6. The van der Waals surface area contributed by atoms with Crippen molar-refractivity contribution < 1.29 is 28.6 Å². The summed E-state index contributed by atoms with van der Waals surface area (Å²) in [6.45, 7) is 6.26. The van der Waals surface area contributed by atoms with Gasteiger partial charge in [0.05, 0.1) is 0 Å². The summed E-state index contributed by atoms with van der Waals surface area (Å²) < 4.78 is 16.7. The average Bonchev–Trinajstić information content (AvgIpc) is 3.31. The number of carbonyl (C=O) groups is 3. The second-order valence-electron chi connectivity index (χ2n) is 16.8. The van der Waals surface area contributed by atoms with Gasteiger partial charge in [0.1, 0.15) is 13.2 Å². The molecule has 0 aliphatic carbocycles. The lowest BCUT2D eigenvalue weighted by Gasteiger charge is -2.18. The fourth-order valence-electron chi connectivity index (χ4n) is 6.59. The van der Waals surface area contributed by atoms with Gasteiger partial charge in [0.25, 0.3) is 0 Å². The summed E-state index contributed by atoms with van der Waals surface area (Å²) in [6, 6.07) is 0. The van der Waals surface area contributed by atoms with Gasteiger partial charge in [-0.15, -0.1) is 0 Å². The van der Waals surface area contributed by atoms with E-state index in [1.807, 2.05) is 36.5 Å². The molecular formula is C60H94O6. The zero-order valence-electron chi connectivity index (χ0n) is 42.1. The monoisotopic (exact) mass is 911 g/mol. The number of hydrogen-bond acceptors (Lipinski definition) is 6. The molecular weight excluding hydrogens is 817 g/mol. The summed E-state index contributed by atoms with van der Waals surface area (Å²) >= 11 is 0. The van der Waals surface area contributed by atoms with Gasteiger partial charge in [-0.2, -0.15) is 0 Å². The average molecular weight is 911 g/mol. The van der Waals surface area contributed by atoms with E-state index in [9.17, 15) is 14.4 Å². The summed E-state index contributed by atoms with van der Waals surface area (Å²) in [4.78, 5) is 38.0. The molecule has 0 aromatic carbocycles. The van der Waals surface area contributed by atoms with Gasteiger partial charge >= 0.3 is 17.9 Å². The Hall–Kier alpha value is -4.45. The third-order valence-electron chi connectivity index (χ3n) is 10.5. The Kier molecular flexibility index (Phi) is 49.6. The molecule has 0 saturated carbocycles. The molecule has 370 valence electrons. The van der Waals surface area contributed by atoms with E-state index in [2.05, 4.69) is 118 Å². The second-order valence-corrected chi connectivity index (χ2v) is 16.8. The van der Waals surface area contributed by atoms with Crippen LogP contribution in [0.5, 0.6) is 0 Å². The first-order valence-electron chi connectivity index (χ1n) is 26.2. The standard InChI is InChI=1S/C60H94O6/c1-4-7-10-13-16-19-22-25-28-29-30-31-33-35-38-41-44-47-50-53-59(62)65-56-57(55-64-58(61)52-49-46-43-40-37-34-27-24-21-18-15-12-9-6-3)66-60(63)54-51-48-45-42-39-36-32-26-23-20-17-14-11-8-5-2/h7-8,10-11,14,16-17,19-20,23,25-26,28,30-32,34-35,37-38,44,47,57H,4-6,9,12-13,15,18,21-22,24,27,29,33,36,39-43,45-46,48-56H2,1-3H3/b10-7-,11-8-,17-14-,19-16-,23-20-,28-25-,31-30-,32-26-,37-34-,38-35-,47-44-. The Morgan fingerprint density at radius 1 is 0.333 bits per heavy atom. The maximum absolute atomic E-state index is 12.8. The Bertz CT molecular complexity index is 1460. The lowest BCUT2D eigenvalue weighted by Crippen LogP contribution is -2.30. The number of allylic oxidation sites excluding steroid dienone is 22. The quantitative estimate of drug-likeness (QED) is 0.0199. The van der Waals surface area contributed by atoms with Crippen LogP contribution in [0.1, 0.15) is 207 Å². The van der Waals surface area contributed by atoms with Crippen molar-refractivity contribution in [1.29, 1.82) is 0 Å². The third-order valence-corrected chi connectivity index (χ3v) is 10.5. The smallest absolute Gasteiger partial charge is 0.306 e. The van der Waals surface area contributed by atoms with Crippen molar-refractivity contribution in [2.24, 2.45) is 0 Å². The van der Waals surface area contributed by atoms with Crippen molar-refractivity contribution in [3.8, 4) is 0 Å². The largest absolute Gasteiger partial charge is 0.462 e. The SMILES string of the molecule is CC\C=C/C=C\C=C/C=C\CCCCCCCC(=O)OC(COC(=O)CC/C=C\C/C=C\C/C=C\C/C=C\C/C=C\C/C=C\CC)COC(=O)CCCCC/C=C\CCCCCCCCC. The molecule has 6 heteroatoms. The first kappa shape index (κ1) is 61.5. The Labute approximate surface area is 405 Å². The number of unbranched alkanes of at least 4 members (excludes halogenated alkanes) is 15. The number of esters is 3. The molecule has 66 heavy (non-hydrogen) atoms. The van der Waals surface area contributed by atoms with Crippen LogP contribution in [0.2, 0.25) is 0 Å². The summed E-state index contributed by atoms with van der Waals surface area (Å²) in [6.07, 6.45) is 74.4. The first-order valence-corrected chi connectivity index (χ1v) is 26.2. The van der Waals surface area contributed by atoms with Gasteiger partial charge in [-0.25, -0.2) is 0 Å². The minimum absolute atomic E-state index is 0.124. The van der Waals surface area contributed by atoms with E-state index < -0.39 is 6.10 Å². The molecule has 0 saturated heterocycles. The van der Waals surface area contributed by atoms with Crippen LogP contribution < -0.4 is 0 Å². The highest BCUT2D eigenvalue weighted by molar-refractivity contribution is 5.71. The topological polar surface area (TPSA) is 78.9 Å². The molecule has 0 radical (unpaired) electrons. The molecule has 0 fully saturated rings. The third kappa shape index (κ3) is 50.5. The molecule has 0 rings (SSSR count). The van der Waals surface area contributed by atoms with E-state index in [0.29, 0.717) is 12.8 Å². The Morgan fingerprint density at radius 2 is 0.697 bits per heavy atom. The second kappa shape index (κ2) is 53.2. The summed E-state index contributed by atoms with van der Waals surface area (Å²) in [5.41, 5.74) is 0. The molecule has 0 heterocycles. The molecule has 6 nitrogen and oxygen atoms in total. The lowest BCUT2D eigenvalue weighted by atomic mass is 10.1. The van der Waals surface area contributed by atoms with Crippen molar-refractivity contribution in [3.05, 3.63) is 134 Å². The van der Waals surface area contributed by atoms with E-state index >= 15 is 0 Å². The van der Waals surface area contributed by atoms with Gasteiger partial charge in [-0.05, 0) is 103 Å².